The third-order valence-electron chi connectivity index (χ3n) is 2.39. The molecule has 2 heterocycles. The van der Waals surface area contributed by atoms with Gasteiger partial charge in [-0.05, 0) is 18.4 Å². The Morgan fingerprint density at radius 2 is 1.93 bits per heavy atom. The Morgan fingerprint density at radius 1 is 1.14 bits per heavy atom. The molecule has 0 N–H and O–H groups in total. The maximum atomic E-state index is 4.35. The van der Waals surface area contributed by atoms with Crippen molar-refractivity contribution in [2.45, 2.75) is 26.7 Å². The van der Waals surface area contributed by atoms with Gasteiger partial charge in [-0.1, -0.05) is 13.8 Å². The van der Waals surface area contributed by atoms with Gasteiger partial charge in [0.15, 0.2) is 0 Å². The molecule has 0 saturated heterocycles. The fraction of sp³-hybridized carbons (Fsp3) is 0.364. The molecule has 2 aromatic rings. The topological polar surface area (TPSA) is 38.7 Å². The second-order valence-corrected chi connectivity index (χ2v) is 3.74. The molecule has 2 rings (SSSR count). The molecule has 0 atom stereocenters. The number of hydrogen-bond donors (Lipinski definition) is 0. The highest BCUT2D eigenvalue weighted by atomic mass is 14.8. The van der Waals surface area contributed by atoms with Crippen LogP contribution in [0.2, 0.25) is 0 Å². The van der Waals surface area contributed by atoms with Crippen molar-refractivity contribution in [2.24, 2.45) is 0 Å². The van der Waals surface area contributed by atoms with E-state index in [1.54, 1.807) is 6.33 Å². The number of rotatable bonds is 1. The summed E-state index contributed by atoms with van der Waals surface area (Å²) in [5.74, 6) is 0.445. The van der Waals surface area contributed by atoms with E-state index in [1.165, 1.54) is 5.56 Å². The van der Waals surface area contributed by atoms with Gasteiger partial charge in [0.1, 0.15) is 6.33 Å². The molecule has 3 heteroatoms. The molecule has 0 aliphatic heterocycles. The van der Waals surface area contributed by atoms with Crippen LogP contribution >= 0.6 is 0 Å². The first-order chi connectivity index (χ1) is 6.70. The average molecular weight is 187 g/mol. The van der Waals surface area contributed by atoms with Gasteiger partial charge in [-0.2, -0.15) is 0 Å². The monoisotopic (exact) mass is 187 g/mol. The Labute approximate surface area is 83.2 Å². The standard InChI is InChI=1S/C11H13N3/c1-7(2)9-5-13-8(3)10-4-12-6-14-11(9)10/h4-7H,1-3H3. The third-order valence-corrected chi connectivity index (χ3v) is 2.39. The van der Waals surface area contributed by atoms with E-state index < -0.39 is 0 Å². The Balaban J connectivity index is 2.82. The summed E-state index contributed by atoms with van der Waals surface area (Å²) in [6.45, 7) is 6.28. The van der Waals surface area contributed by atoms with Gasteiger partial charge in [-0.15, -0.1) is 0 Å². The highest BCUT2D eigenvalue weighted by Gasteiger charge is 2.08. The molecule has 0 aromatic carbocycles. The van der Waals surface area contributed by atoms with E-state index in [2.05, 4.69) is 28.8 Å². The van der Waals surface area contributed by atoms with Gasteiger partial charge >= 0.3 is 0 Å². The van der Waals surface area contributed by atoms with Crippen molar-refractivity contribution in [2.75, 3.05) is 0 Å². The summed E-state index contributed by atoms with van der Waals surface area (Å²) in [5, 5.41) is 1.05. The molecule has 0 bridgehead atoms. The van der Waals surface area contributed by atoms with Crippen molar-refractivity contribution in [1.29, 1.82) is 0 Å². The fourth-order valence-electron chi connectivity index (χ4n) is 1.54. The summed E-state index contributed by atoms with van der Waals surface area (Å²) in [5.41, 5.74) is 3.21. The lowest BCUT2D eigenvalue weighted by atomic mass is 10.0. The Morgan fingerprint density at radius 3 is 2.64 bits per heavy atom. The van der Waals surface area contributed by atoms with Crippen molar-refractivity contribution in [3.05, 3.63) is 30.0 Å². The molecule has 3 nitrogen and oxygen atoms in total. The highest BCUT2D eigenvalue weighted by Crippen LogP contribution is 2.23. The largest absolute Gasteiger partial charge is 0.260 e. The molecule has 0 unspecified atom stereocenters. The lowest BCUT2D eigenvalue weighted by Crippen LogP contribution is -1.96. The second kappa shape index (κ2) is 3.33. The Bertz CT molecular complexity index is 463. The number of fused-ring (bicyclic) bond motifs is 1. The predicted molar refractivity (Wildman–Crippen MR) is 56.2 cm³/mol. The lowest BCUT2D eigenvalue weighted by molar-refractivity contribution is 0.862. The zero-order valence-corrected chi connectivity index (χ0v) is 8.65. The van der Waals surface area contributed by atoms with Gasteiger partial charge in [0, 0.05) is 23.5 Å². The first kappa shape index (κ1) is 9.06. The maximum Gasteiger partial charge on any atom is 0.116 e. The summed E-state index contributed by atoms with van der Waals surface area (Å²) < 4.78 is 0. The number of aromatic nitrogens is 3. The van der Waals surface area contributed by atoms with Crippen LogP contribution in [0, 0.1) is 6.92 Å². The molecule has 2 aromatic heterocycles. The predicted octanol–water partition coefficient (Wildman–Crippen LogP) is 2.46. The van der Waals surface area contributed by atoms with E-state index in [1.807, 2.05) is 19.3 Å². The molecular formula is C11H13N3. The van der Waals surface area contributed by atoms with E-state index >= 15 is 0 Å². The van der Waals surface area contributed by atoms with Crippen LogP contribution in [0.15, 0.2) is 18.7 Å². The van der Waals surface area contributed by atoms with Crippen molar-refractivity contribution >= 4 is 10.9 Å². The maximum absolute atomic E-state index is 4.35. The van der Waals surface area contributed by atoms with E-state index in [-0.39, 0.29) is 0 Å². The van der Waals surface area contributed by atoms with Crippen LogP contribution in [0.3, 0.4) is 0 Å². The lowest BCUT2D eigenvalue weighted by Gasteiger charge is -2.08. The van der Waals surface area contributed by atoms with Crippen molar-refractivity contribution in [3.8, 4) is 0 Å². The molecule has 0 saturated carbocycles. The van der Waals surface area contributed by atoms with Gasteiger partial charge in [0.25, 0.3) is 0 Å². The minimum absolute atomic E-state index is 0.445. The SMILES string of the molecule is Cc1ncc(C(C)C)c2ncncc12. The Hall–Kier alpha value is -1.51. The van der Waals surface area contributed by atoms with Crippen LogP contribution in [0.25, 0.3) is 10.9 Å². The van der Waals surface area contributed by atoms with Gasteiger partial charge in [0.05, 0.1) is 5.52 Å². The van der Waals surface area contributed by atoms with Gasteiger partial charge < -0.3 is 0 Å². The van der Waals surface area contributed by atoms with Crippen LogP contribution in [-0.4, -0.2) is 15.0 Å². The zero-order valence-electron chi connectivity index (χ0n) is 8.65. The van der Waals surface area contributed by atoms with Gasteiger partial charge in [-0.25, -0.2) is 9.97 Å². The highest BCUT2D eigenvalue weighted by molar-refractivity contribution is 5.82. The molecule has 72 valence electrons. The minimum atomic E-state index is 0.445. The Kier molecular flexibility index (Phi) is 2.15. The van der Waals surface area contributed by atoms with E-state index in [0.717, 1.165) is 16.6 Å². The van der Waals surface area contributed by atoms with Crippen LogP contribution < -0.4 is 0 Å². The summed E-state index contributed by atoms with van der Waals surface area (Å²) >= 11 is 0. The van der Waals surface area contributed by atoms with Crippen molar-refractivity contribution in [1.82, 2.24) is 15.0 Å². The number of pyridine rings is 1. The minimum Gasteiger partial charge on any atom is -0.260 e. The zero-order chi connectivity index (χ0) is 10.1. The summed E-state index contributed by atoms with van der Waals surface area (Å²) in [7, 11) is 0. The first-order valence-corrected chi connectivity index (χ1v) is 4.75. The van der Waals surface area contributed by atoms with E-state index in [9.17, 15) is 0 Å². The van der Waals surface area contributed by atoms with Crippen LogP contribution in [0.5, 0.6) is 0 Å². The summed E-state index contributed by atoms with van der Waals surface area (Å²) in [4.78, 5) is 12.7. The number of hydrogen-bond acceptors (Lipinski definition) is 3. The average Bonchev–Trinajstić information content (AvgIpc) is 2.18. The van der Waals surface area contributed by atoms with Crippen LogP contribution in [0.1, 0.15) is 31.0 Å². The molecule has 0 spiro atoms. The van der Waals surface area contributed by atoms with Crippen molar-refractivity contribution in [3.63, 3.8) is 0 Å². The molecule has 0 aliphatic rings. The van der Waals surface area contributed by atoms with Crippen LogP contribution in [0.4, 0.5) is 0 Å². The van der Waals surface area contributed by atoms with E-state index in [0.29, 0.717) is 5.92 Å². The number of aryl methyl sites for hydroxylation is 1. The smallest absolute Gasteiger partial charge is 0.116 e. The second-order valence-electron chi connectivity index (χ2n) is 3.74. The van der Waals surface area contributed by atoms with Crippen LogP contribution in [-0.2, 0) is 0 Å². The molecule has 0 amide bonds. The van der Waals surface area contributed by atoms with Crippen molar-refractivity contribution < 1.29 is 0 Å². The number of nitrogens with zero attached hydrogens (tertiary/aromatic N) is 3. The quantitative estimate of drug-likeness (QED) is 0.688. The van der Waals surface area contributed by atoms with Gasteiger partial charge in [0.2, 0.25) is 0 Å². The third kappa shape index (κ3) is 1.35. The van der Waals surface area contributed by atoms with E-state index in [4.69, 9.17) is 0 Å². The molecule has 14 heavy (non-hydrogen) atoms. The molecule has 0 fully saturated rings. The fourth-order valence-corrected chi connectivity index (χ4v) is 1.54. The first-order valence-electron chi connectivity index (χ1n) is 4.75. The summed E-state index contributed by atoms with van der Waals surface area (Å²) in [6, 6.07) is 0. The van der Waals surface area contributed by atoms with Gasteiger partial charge in [-0.3, -0.25) is 4.98 Å². The summed E-state index contributed by atoms with van der Waals surface area (Å²) in [6.07, 6.45) is 5.33. The normalized spacial score (nSPS) is 11.1. The molecule has 0 aliphatic carbocycles. The molecular weight excluding hydrogens is 174 g/mol. The molecule has 0 radical (unpaired) electrons.